The number of nitrogens with one attached hydrogen (secondary N) is 1. The smallest absolute Gasteiger partial charge is 0.124 e. The van der Waals surface area contributed by atoms with Gasteiger partial charge in [-0.3, -0.25) is 0 Å². The van der Waals surface area contributed by atoms with Crippen molar-refractivity contribution in [1.82, 2.24) is 5.32 Å². The summed E-state index contributed by atoms with van der Waals surface area (Å²) in [6.07, 6.45) is 0. The van der Waals surface area contributed by atoms with Crippen LogP contribution in [0.1, 0.15) is 22.7 Å². The van der Waals surface area contributed by atoms with E-state index in [-0.39, 0.29) is 6.04 Å². The van der Waals surface area contributed by atoms with Gasteiger partial charge in [0.25, 0.3) is 0 Å². The predicted molar refractivity (Wildman–Crippen MR) is 92.8 cm³/mol. The summed E-state index contributed by atoms with van der Waals surface area (Å²) >= 11 is 15.7. The lowest BCUT2D eigenvalue weighted by atomic mass is 9.97. The van der Waals surface area contributed by atoms with Gasteiger partial charge in [0.05, 0.1) is 23.2 Å². The van der Waals surface area contributed by atoms with E-state index in [0.717, 1.165) is 26.9 Å². The largest absolute Gasteiger partial charge is 0.496 e. The van der Waals surface area contributed by atoms with Crippen LogP contribution in [-0.2, 0) is 0 Å². The van der Waals surface area contributed by atoms with Gasteiger partial charge in [-0.15, -0.1) is 0 Å². The molecule has 0 fully saturated rings. The van der Waals surface area contributed by atoms with Crippen LogP contribution >= 0.6 is 39.1 Å². The van der Waals surface area contributed by atoms with Gasteiger partial charge in [0.1, 0.15) is 5.75 Å². The number of methoxy groups -OCH3 is 1. The number of hydrogen-bond acceptors (Lipinski definition) is 2. The van der Waals surface area contributed by atoms with Gasteiger partial charge in [-0.1, -0.05) is 45.2 Å². The number of aryl methyl sites for hydroxylation is 1. The third-order valence-electron chi connectivity index (χ3n) is 3.39. The van der Waals surface area contributed by atoms with Crippen LogP contribution < -0.4 is 10.1 Å². The van der Waals surface area contributed by atoms with Gasteiger partial charge in [-0.05, 0) is 49.4 Å². The average molecular weight is 389 g/mol. The Morgan fingerprint density at radius 3 is 2.43 bits per heavy atom. The first-order chi connectivity index (χ1) is 9.97. The van der Waals surface area contributed by atoms with Crippen molar-refractivity contribution in [3.05, 3.63) is 61.5 Å². The van der Waals surface area contributed by atoms with Crippen molar-refractivity contribution in [2.75, 3.05) is 14.2 Å². The van der Waals surface area contributed by atoms with E-state index in [9.17, 15) is 0 Å². The van der Waals surface area contributed by atoms with Crippen molar-refractivity contribution in [2.24, 2.45) is 0 Å². The lowest BCUT2D eigenvalue weighted by molar-refractivity contribution is 0.405. The molecule has 2 aromatic rings. The highest BCUT2D eigenvalue weighted by Gasteiger charge is 2.19. The fraction of sp³-hybridized carbons (Fsp3) is 0.250. The highest BCUT2D eigenvalue weighted by atomic mass is 79.9. The number of ether oxygens (including phenoxy) is 1. The molecular formula is C16H16BrCl2NO. The third kappa shape index (κ3) is 3.54. The fourth-order valence-electron chi connectivity index (χ4n) is 2.27. The van der Waals surface area contributed by atoms with Crippen LogP contribution in [0.4, 0.5) is 0 Å². The summed E-state index contributed by atoms with van der Waals surface area (Å²) in [5.41, 5.74) is 3.19. The van der Waals surface area contributed by atoms with Gasteiger partial charge in [-0.25, -0.2) is 0 Å². The number of halogens is 3. The second-order valence-electron chi connectivity index (χ2n) is 4.74. The van der Waals surface area contributed by atoms with Crippen LogP contribution in [-0.4, -0.2) is 14.2 Å². The van der Waals surface area contributed by atoms with Crippen molar-refractivity contribution in [3.8, 4) is 5.75 Å². The van der Waals surface area contributed by atoms with Crippen LogP contribution in [0, 0.1) is 6.92 Å². The second kappa shape index (κ2) is 7.01. The molecule has 2 rings (SSSR count). The van der Waals surface area contributed by atoms with Gasteiger partial charge in [0, 0.05) is 10.0 Å². The molecule has 0 aliphatic heterocycles. The topological polar surface area (TPSA) is 21.3 Å². The van der Waals surface area contributed by atoms with Crippen molar-refractivity contribution < 1.29 is 4.74 Å². The first kappa shape index (κ1) is 16.6. The molecule has 0 amide bonds. The molecule has 1 atom stereocenters. The molecule has 5 heteroatoms. The van der Waals surface area contributed by atoms with E-state index in [0.29, 0.717) is 10.0 Å². The minimum Gasteiger partial charge on any atom is -0.496 e. The Bertz CT molecular complexity index is 661. The van der Waals surface area contributed by atoms with Crippen LogP contribution in [0.3, 0.4) is 0 Å². The lowest BCUT2D eigenvalue weighted by Gasteiger charge is -2.21. The summed E-state index contributed by atoms with van der Waals surface area (Å²) in [6, 6.07) is 9.69. The molecule has 2 aromatic carbocycles. The molecule has 0 saturated carbocycles. The van der Waals surface area contributed by atoms with E-state index >= 15 is 0 Å². The normalized spacial score (nSPS) is 12.3. The third-order valence-corrected chi connectivity index (χ3v) is 4.98. The first-order valence-corrected chi connectivity index (χ1v) is 7.99. The first-order valence-electron chi connectivity index (χ1n) is 6.44. The summed E-state index contributed by atoms with van der Waals surface area (Å²) in [6.45, 7) is 2.03. The highest BCUT2D eigenvalue weighted by molar-refractivity contribution is 9.10. The van der Waals surface area contributed by atoms with Crippen molar-refractivity contribution in [2.45, 2.75) is 13.0 Å². The summed E-state index contributed by atoms with van der Waals surface area (Å²) < 4.78 is 6.56. The number of hydrogen-bond donors (Lipinski definition) is 1. The summed E-state index contributed by atoms with van der Waals surface area (Å²) in [7, 11) is 3.58. The van der Waals surface area contributed by atoms with Crippen LogP contribution in [0.15, 0.2) is 34.8 Å². The molecule has 0 saturated heterocycles. The van der Waals surface area contributed by atoms with E-state index in [4.69, 9.17) is 27.9 Å². The Kier molecular flexibility index (Phi) is 5.55. The summed E-state index contributed by atoms with van der Waals surface area (Å²) in [5.74, 6) is 0.834. The predicted octanol–water partition coefficient (Wildman–Crippen LogP) is 5.38. The number of benzene rings is 2. The number of rotatable bonds is 4. The molecule has 0 radical (unpaired) electrons. The monoisotopic (exact) mass is 387 g/mol. The van der Waals surface area contributed by atoms with Gasteiger partial charge >= 0.3 is 0 Å². The Hall–Kier alpha value is -0.740. The average Bonchev–Trinajstić information content (AvgIpc) is 2.46. The SMILES string of the molecule is CNC(c1ccc(Cl)c(Cl)c1)c1cc(Br)c(C)cc1OC. The molecule has 0 spiro atoms. The van der Waals surface area contributed by atoms with Crippen molar-refractivity contribution >= 4 is 39.1 Å². The van der Waals surface area contributed by atoms with Crippen molar-refractivity contribution in [1.29, 1.82) is 0 Å². The highest BCUT2D eigenvalue weighted by Crippen LogP contribution is 2.36. The van der Waals surface area contributed by atoms with E-state index in [1.54, 1.807) is 13.2 Å². The minimum atomic E-state index is -0.0355. The zero-order valence-corrected chi connectivity index (χ0v) is 15.1. The van der Waals surface area contributed by atoms with Crippen LogP contribution in [0.2, 0.25) is 10.0 Å². The van der Waals surface area contributed by atoms with E-state index < -0.39 is 0 Å². The summed E-state index contributed by atoms with van der Waals surface area (Å²) in [4.78, 5) is 0. The molecular weight excluding hydrogens is 373 g/mol. The Balaban J connectivity index is 2.55. The second-order valence-corrected chi connectivity index (χ2v) is 6.41. The fourth-order valence-corrected chi connectivity index (χ4v) is 2.93. The molecule has 0 aromatic heterocycles. The standard InChI is InChI=1S/C16H16BrCl2NO/c1-9-6-15(21-3)11(8-12(9)17)16(20-2)10-4-5-13(18)14(19)7-10/h4-8,16,20H,1-3H3. The molecule has 0 bridgehead atoms. The van der Waals surface area contributed by atoms with Gasteiger partial charge in [0.2, 0.25) is 0 Å². The Morgan fingerprint density at radius 2 is 1.86 bits per heavy atom. The Morgan fingerprint density at radius 1 is 1.14 bits per heavy atom. The molecule has 21 heavy (non-hydrogen) atoms. The van der Waals surface area contributed by atoms with E-state index in [2.05, 4.69) is 27.3 Å². The molecule has 0 aliphatic rings. The lowest BCUT2D eigenvalue weighted by Crippen LogP contribution is -2.18. The van der Waals surface area contributed by atoms with Crippen molar-refractivity contribution in [3.63, 3.8) is 0 Å². The maximum Gasteiger partial charge on any atom is 0.124 e. The van der Waals surface area contributed by atoms with Gasteiger partial charge in [0.15, 0.2) is 0 Å². The summed E-state index contributed by atoms with van der Waals surface area (Å²) in [5, 5.41) is 4.39. The molecule has 112 valence electrons. The molecule has 2 nitrogen and oxygen atoms in total. The molecule has 0 aliphatic carbocycles. The van der Waals surface area contributed by atoms with Gasteiger partial charge in [-0.2, -0.15) is 0 Å². The molecule has 1 unspecified atom stereocenters. The zero-order chi connectivity index (χ0) is 15.6. The Labute approximate surface area is 143 Å². The quantitative estimate of drug-likeness (QED) is 0.758. The zero-order valence-electron chi connectivity index (χ0n) is 12.0. The van der Waals surface area contributed by atoms with E-state index in [1.807, 2.05) is 32.2 Å². The molecule has 1 N–H and O–H groups in total. The maximum atomic E-state index is 6.13. The van der Waals surface area contributed by atoms with Gasteiger partial charge < -0.3 is 10.1 Å². The minimum absolute atomic E-state index is 0.0355. The molecule has 0 heterocycles. The van der Waals surface area contributed by atoms with E-state index in [1.165, 1.54) is 0 Å². The van der Waals surface area contributed by atoms with Crippen LogP contribution in [0.5, 0.6) is 5.75 Å². The maximum absolute atomic E-state index is 6.13. The van der Waals surface area contributed by atoms with Crippen LogP contribution in [0.25, 0.3) is 0 Å².